The van der Waals surface area contributed by atoms with Crippen molar-refractivity contribution in [3.63, 3.8) is 0 Å². The van der Waals surface area contributed by atoms with Crippen LogP contribution in [0.3, 0.4) is 0 Å². The minimum absolute atomic E-state index is 0.152. The highest BCUT2D eigenvalue weighted by molar-refractivity contribution is 5.96. The Morgan fingerprint density at radius 1 is 1.21 bits per heavy atom. The zero-order chi connectivity index (χ0) is 16.7. The lowest BCUT2D eigenvalue weighted by atomic mass is 10.1. The molecule has 2 bridgehead atoms. The summed E-state index contributed by atoms with van der Waals surface area (Å²) in [6, 6.07) is 8.91. The third-order valence-corrected chi connectivity index (χ3v) is 5.35. The summed E-state index contributed by atoms with van der Waals surface area (Å²) in [6.45, 7) is 5.71. The Hall–Kier alpha value is -2.14. The predicted molar refractivity (Wildman–Crippen MR) is 93.5 cm³/mol. The molecule has 2 fully saturated rings. The number of hydrogen-bond acceptors (Lipinski definition) is 3. The normalized spacial score (nSPS) is 23.3. The van der Waals surface area contributed by atoms with E-state index in [1.54, 1.807) is 6.20 Å². The van der Waals surface area contributed by atoms with Crippen molar-refractivity contribution in [1.82, 2.24) is 19.8 Å². The van der Waals surface area contributed by atoms with E-state index in [4.69, 9.17) is 0 Å². The Labute approximate surface area is 142 Å². The monoisotopic (exact) mass is 324 g/mol. The minimum atomic E-state index is 0.152. The van der Waals surface area contributed by atoms with Crippen LogP contribution in [0.1, 0.15) is 41.0 Å². The van der Waals surface area contributed by atoms with Gasteiger partial charge >= 0.3 is 0 Å². The number of nitrogens with one attached hydrogen (secondary N) is 1. The first-order valence-corrected chi connectivity index (χ1v) is 8.79. The Bertz CT molecular complexity index is 752. The molecule has 4 rings (SSSR count). The maximum atomic E-state index is 13.1. The molecule has 2 unspecified atom stereocenters. The van der Waals surface area contributed by atoms with Gasteiger partial charge in [0.1, 0.15) is 5.82 Å². The quantitative estimate of drug-likeness (QED) is 0.923. The lowest BCUT2D eigenvalue weighted by Gasteiger charge is -2.24. The zero-order valence-corrected chi connectivity index (χ0v) is 14.3. The summed E-state index contributed by atoms with van der Waals surface area (Å²) in [7, 11) is 0. The van der Waals surface area contributed by atoms with Gasteiger partial charge in [0.2, 0.25) is 0 Å². The fourth-order valence-corrected chi connectivity index (χ4v) is 4.12. The van der Waals surface area contributed by atoms with E-state index in [-0.39, 0.29) is 5.91 Å². The number of aromatic nitrogens is 2. The maximum absolute atomic E-state index is 13.1. The fourth-order valence-electron chi connectivity index (χ4n) is 4.12. The summed E-state index contributed by atoms with van der Waals surface area (Å²) in [5.74, 6) is 1.02. The standard InChI is InChI=1S/C19H24N4O/c1-13-11-17(14(2)23(13)18-5-3-4-9-20-18)19(24)22-10-8-15-6-7-16(12-22)21-15/h3-5,9,11,15-16,21H,6-8,10,12H2,1-2H3. The van der Waals surface area contributed by atoms with E-state index in [1.807, 2.05) is 43.0 Å². The highest BCUT2D eigenvalue weighted by Crippen LogP contribution is 2.24. The average Bonchev–Trinajstić information content (AvgIpc) is 3.06. The van der Waals surface area contributed by atoms with E-state index in [2.05, 4.69) is 14.9 Å². The molecule has 2 saturated heterocycles. The summed E-state index contributed by atoms with van der Waals surface area (Å²) >= 11 is 0. The summed E-state index contributed by atoms with van der Waals surface area (Å²) in [6.07, 6.45) is 5.27. The van der Waals surface area contributed by atoms with Crippen LogP contribution in [0.2, 0.25) is 0 Å². The molecule has 1 N–H and O–H groups in total. The van der Waals surface area contributed by atoms with Crippen LogP contribution in [0.5, 0.6) is 0 Å². The van der Waals surface area contributed by atoms with Gasteiger partial charge in [-0.15, -0.1) is 0 Å². The zero-order valence-electron chi connectivity index (χ0n) is 14.3. The van der Waals surface area contributed by atoms with Gasteiger partial charge in [0.25, 0.3) is 5.91 Å². The van der Waals surface area contributed by atoms with E-state index in [0.717, 1.165) is 42.3 Å². The van der Waals surface area contributed by atoms with Gasteiger partial charge in [-0.3, -0.25) is 4.79 Å². The topological polar surface area (TPSA) is 50.2 Å². The molecule has 5 heteroatoms. The Morgan fingerprint density at radius 3 is 2.83 bits per heavy atom. The Morgan fingerprint density at radius 2 is 2.04 bits per heavy atom. The van der Waals surface area contributed by atoms with Crippen LogP contribution in [0.25, 0.3) is 5.82 Å². The molecule has 0 saturated carbocycles. The van der Waals surface area contributed by atoms with Gasteiger partial charge in [-0.1, -0.05) is 6.07 Å². The van der Waals surface area contributed by atoms with E-state index < -0.39 is 0 Å². The Balaban J connectivity index is 1.63. The molecule has 0 spiro atoms. The van der Waals surface area contributed by atoms with Crippen LogP contribution >= 0.6 is 0 Å². The number of carbonyl (C=O) groups is 1. The van der Waals surface area contributed by atoms with Gasteiger partial charge in [0, 0.05) is 42.8 Å². The first-order chi connectivity index (χ1) is 11.6. The maximum Gasteiger partial charge on any atom is 0.255 e. The minimum Gasteiger partial charge on any atom is -0.337 e. The van der Waals surface area contributed by atoms with E-state index in [9.17, 15) is 4.79 Å². The lowest BCUT2D eigenvalue weighted by Crippen LogP contribution is -2.39. The molecule has 24 heavy (non-hydrogen) atoms. The van der Waals surface area contributed by atoms with Crippen molar-refractivity contribution in [3.8, 4) is 5.82 Å². The summed E-state index contributed by atoms with van der Waals surface area (Å²) < 4.78 is 2.06. The van der Waals surface area contributed by atoms with Crippen LogP contribution in [0, 0.1) is 13.8 Å². The molecule has 5 nitrogen and oxygen atoms in total. The number of nitrogens with zero attached hydrogens (tertiary/aromatic N) is 3. The summed E-state index contributed by atoms with van der Waals surface area (Å²) in [5.41, 5.74) is 2.82. The Kier molecular flexibility index (Phi) is 3.88. The molecule has 1 amide bonds. The molecule has 126 valence electrons. The molecular weight excluding hydrogens is 300 g/mol. The SMILES string of the molecule is Cc1cc(C(=O)N2CCC3CCC(C2)N3)c(C)n1-c1ccccn1. The number of likely N-dealkylation sites (tertiary alicyclic amines) is 1. The van der Waals surface area contributed by atoms with Crippen LogP contribution in [0.15, 0.2) is 30.5 Å². The molecule has 0 aromatic carbocycles. The first-order valence-electron chi connectivity index (χ1n) is 8.79. The second-order valence-corrected chi connectivity index (χ2v) is 6.99. The molecule has 0 aliphatic carbocycles. The van der Waals surface area contributed by atoms with Crippen LogP contribution < -0.4 is 5.32 Å². The van der Waals surface area contributed by atoms with E-state index >= 15 is 0 Å². The molecule has 2 atom stereocenters. The summed E-state index contributed by atoms with van der Waals surface area (Å²) in [5, 5.41) is 3.64. The van der Waals surface area contributed by atoms with Gasteiger partial charge in [0.15, 0.2) is 0 Å². The third-order valence-electron chi connectivity index (χ3n) is 5.35. The predicted octanol–water partition coefficient (Wildman–Crippen LogP) is 2.46. The molecule has 2 aromatic rings. The van der Waals surface area contributed by atoms with Crippen molar-refractivity contribution in [2.75, 3.05) is 13.1 Å². The second kappa shape index (κ2) is 6.06. The van der Waals surface area contributed by atoms with Gasteiger partial charge in [0.05, 0.1) is 5.56 Å². The lowest BCUT2D eigenvalue weighted by molar-refractivity contribution is 0.0747. The number of hydrogen-bond donors (Lipinski definition) is 1. The molecular formula is C19H24N4O. The third kappa shape index (κ3) is 2.63. The number of aryl methyl sites for hydroxylation is 1. The number of fused-ring (bicyclic) bond motifs is 2. The second-order valence-electron chi connectivity index (χ2n) is 6.99. The fraction of sp³-hybridized carbons (Fsp3) is 0.474. The first kappa shape index (κ1) is 15.4. The van der Waals surface area contributed by atoms with Crippen LogP contribution in [-0.4, -0.2) is 45.5 Å². The van der Waals surface area contributed by atoms with Crippen LogP contribution in [0.4, 0.5) is 0 Å². The van der Waals surface area contributed by atoms with Gasteiger partial charge < -0.3 is 14.8 Å². The molecule has 0 radical (unpaired) electrons. The van der Waals surface area contributed by atoms with Gasteiger partial charge in [-0.25, -0.2) is 4.98 Å². The van der Waals surface area contributed by atoms with E-state index in [0.29, 0.717) is 12.1 Å². The van der Waals surface area contributed by atoms with Crippen LogP contribution in [-0.2, 0) is 0 Å². The highest BCUT2D eigenvalue weighted by atomic mass is 16.2. The summed E-state index contributed by atoms with van der Waals surface area (Å²) in [4.78, 5) is 19.6. The van der Waals surface area contributed by atoms with Crippen molar-refractivity contribution in [2.24, 2.45) is 0 Å². The number of amides is 1. The number of pyridine rings is 1. The number of rotatable bonds is 2. The van der Waals surface area contributed by atoms with Gasteiger partial charge in [-0.2, -0.15) is 0 Å². The molecule has 2 aliphatic heterocycles. The smallest absolute Gasteiger partial charge is 0.255 e. The van der Waals surface area contributed by atoms with Crippen molar-refractivity contribution in [3.05, 3.63) is 47.4 Å². The number of carbonyl (C=O) groups excluding carboxylic acids is 1. The van der Waals surface area contributed by atoms with Gasteiger partial charge in [-0.05, 0) is 51.3 Å². The van der Waals surface area contributed by atoms with Crippen molar-refractivity contribution < 1.29 is 4.79 Å². The molecule has 4 heterocycles. The molecule has 2 aliphatic rings. The average molecular weight is 324 g/mol. The van der Waals surface area contributed by atoms with Crippen molar-refractivity contribution in [2.45, 2.75) is 45.2 Å². The highest BCUT2D eigenvalue weighted by Gasteiger charge is 2.32. The van der Waals surface area contributed by atoms with Crippen molar-refractivity contribution >= 4 is 5.91 Å². The molecule has 2 aromatic heterocycles. The van der Waals surface area contributed by atoms with Crippen molar-refractivity contribution in [1.29, 1.82) is 0 Å². The van der Waals surface area contributed by atoms with E-state index in [1.165, 1.54) is 12.8 Å². The largest absolute Gasteiger partial charge is 0.337 e.